The SMILES string of the molecule is CCC1OC(=O)N(Cc2ccc(NC(=O)c3ccno3)cc2)N=C1c1ccc(OC(F)F)c(OC)c1. The Labute approximate surface area is 204 Å². The van der Waals surface area contributed by atoms with Crippen LogP contribution in [0.3, 0.4) is 0 Å². The zero-order chi connectivity index (χ0) is 25.7. The molecule has 3 aromatic rings. The van der Waals surface area contributed by atoms with Crippen molar-refractivity contribution in [2.75, 3.05) is 12.4 Å². The van der Waals surface area contributed by atoms with E-state index in [9.17, 15) is 18.4 Å². The predicted molar refractivity (Wildman–Crippen MR) is 123 cm³/mol. The van der Waals surface area contributed by atoms with Gasteiger partial charge >= 0.3 is 12.7 Å². The number of alkyl halides is 2. The summed E-state index contributed by atoms with van der Waals surface area (Å²) in [6.07, 6.45) is 0.567. The molecule has 1 aliphatic rings. The summed E-state index contributed by atoms with van der Waals surface area (Å²) in [5, 5.41) is 11.8. The van der Waals surface area contributed by atoms with E-state index in [1.807, 2.05) is 6.92 Å². The normalized spacial score (nSPS) is 15.4. The lowest BCUT2D eigenvalue weighted by molar-refractivity contribution is -0.0512. The molecule has 0 saturated heterocycles. The van der Waals surface area contributed by atoms with Crippen molar-refractivity contribution in [2.45, 2.75) is 32.6 Å². The Bertz CT molecular complexity index is 1250. The van der Waals surface area contributed by atoms with Gasteiger partial charge in [0.15, 0.2) is 11.5 Å². The molecule has 2 heterocycles. The average molecular weight is 500 g/mol. The molecule has 0 spiro atoms. The van der Waals surface area contributed by atoms with Gasteiger partial charge in [-0.05, 0) is 42.3 Å². The number of benzene rings is 2. The molecule has 2 amide bonds. The van der Waals surface area contributed by atoms with Gasteiger partial charge < -0.3 is 24.1 Å². The van der Waals surface area contributed by atoms with E-state index in [1.165, 1.54) is 36.5 Å². The number of carbonyl (C=O) groups excluding carboxylic acids is 2. The minimum Gasteiger partial charge on any atom is -0.493 e. The van der Waals surface area contributed by atoms with E-state index in [-0.39, 0.29) is 23.8 Å². The summed E-state index contributed by atoms with van der Waals surface area (Å²) in [5.41, 5.74) is 2.22. The van der Waals surface area contributed by atoms with Gasteiger partial charge in [0.2, 0.25) is 5.76 Å². The van der Waals surface area contributed by atoms with Crippen molar-refractivity contribution in [1.82, 2.24) is 10.2 Å². The number of ether oxygens (including phenoxy) is 3. The number of carbonyl (C=O) groups is 2. The zero-order valence-electron chi connectivity index (χ0n) is 19.3. The van der Waals surface area contributed by atoms with Crippen LogP contribution in [0.4, 0.5) is 19.3 Å². The molecule has 1 aliphatic heterocycles. The van der Waals surface area contributed by atoms with Crippen LogP contribution in [0.25, 0.3) is 0 Å². The number of halogens is 2. The van der Waals surface area contributed by atoms with Crippen LogP contribution in [0.1, 0.15) is 35.0 Å². The second-order valence-corrected chi connectivity index (χ2v) is 7.60. The molecule has 2 aromatic carbocycles. The Hall–Kier alpha value is -4.48. The molecule has 0 saturated carbocycles. The van der Waals surface area contributed by atoms with Crippen LogP contribution in [0, 0.1) is 0 Å². The van der Waals surface area contributed by atoms with Gasteiger partial charge in [0.25, 0.3) is 5.91 Å². The molecule has 10 nitrogen and oxygen atoms in total. The fourth-order valence-corrected chi connectivity index (χ4v) is 3.51. The minimum absolute atomic E-state index is 0.0768. The molecule has 1 atom stereocenters. The molecule has 1 unspecified atom stereocenters. The lowest BCUT2D eigenvalue weighted by Crippen LogP contribution is -2.41. The van der Waals surface area contributed by atoms with Crippen molar-refractivity contribution in [3.8, 4) is 11.5 Å². The molecule has 0 bridgehead atoms. The number of nitrogens with zero attached hydrogens (tertiary/aromatic N) is 3. The number of cyclic esters (lactones) is 1. The maximum absolute atomic E-state index is 12.7. The van der Waals surface area contributed by atoms with Crippen molar-refractivity contribution in [3.63, 3.8) is 0 Å². The van der Waals surface area contributed by atoms with Gasteiger partial charge in [-0.2, -0.15) is 18.9 Å². The van der Waals surface area contributed by atoms with E-state index in [2.05, 4.69) is 20.3 Å². The van der Waals surface area contributed by atoms with Crippen molar-refractivity contribution in [3.05, 3.63) is 71.6 Å². The lowest BCUT2D eigenvalue weighted by atomic mass is 10.0. The summed E-state index contributed by atoms with van der Waals surface area (Å²) < 4.78 is 45.4. The Balaban J connectivity index is 1.53. The molecule has 1 aromatic heterocycles. The number of amides is 2. The summed E-state index contributed by atoms with van der Waals surface area (Å²) in [7, 11) is 1.33. The highest BCUT2D eigenvalue weighted by Gasteiger charge is 2.31. The van der Waals surface area contributed by atoms with E-state index in [1.54, 1.807) is 30.3 Å². The van der Waals surface area contributed by atoms with Gasteiger partial charge in [0.05, 0.1) is 19.9 Å². The number of aromatic nitrogens is 1. The van der Waals surface area contributed by atoms with Crippen LogP contribution in [0.5, 0.6) is 11.5 Å². The standard InChI is InChI=1S/C24H22F2N4O6/c1-3-17-21(15-6-9-18(34-23(25)26)20(12-15)33-2)29-30(24(32)35-17)13-14-4-7-16(8-5-14)28-22(31)19-10-11-27-36-19/h4-12,17,23H,3,13H2,1-2H3,(H,28,31). The molecule has 1 N–H and O–H groups in total. The second-order valence-electron chi connectivity index (χ2n) is 7.60. The predicted octanol–water partition coefficient (Wildman–Crippen LogP) is 4.67. The number of hydrogen-bond donors (Lipinski definition) is 1. The number of nitrogens with one attached hydrogen (secondary N) is 1. The van der Waals surface area contributed by atoms with Crippen molar-refractivity contribution in [2.24, 2.45) is 5.10 Å². The van der Waals surface area contributed by atoms with Crippen LogP contribution in [-0.4, -0.2) is 47.7 Å². The fraction of sp³-hybridized carbons (Fsp3) is 0.250. The van der Waals surface area contributed by atoms with E-state index in [0.717, 1.165) is 5.56 Å². The quantitative estimate of drug-likeness (QED) is 0.454. The van der Waals surface area contributed by atoms with Crippen molar-refractivity contribution >= 4 is 23.4 Å². The maximum atomic E-state index is 12.7. The molecule has 36 heavy (non-hydrogen) atoms. The molecule has 188 valence electrons. The van der Waals surface area contributed by atoms with Crippen LogP contribution >= 0.6 is 0 Å². The van der Waals surface area contributed by atoms with Gasteiger partial charge in [-0.25, -0.2) is 4.79 Å². The molecule has 0 aliphatic carbocycles. The van der Waals surface area contributed by atoms with E-state index < -0.39 is 24.7 Å². The first-order chi connectivity index (χ1) is 17.4. The van der Waals surface area contributed by atoms with Crippen LogP contribution in [0.15, 0.2) is 64.4 Å². The summed E-state index contributed by atoms with van der Waals surface area (Å²) in [6.45, 7) is -1.07. The van der Waals surface area contributed by atoms with Crippen molar-refractivity contribution < 1.29 is 37.1 Å². The smallest absolute Gasteiger partial charge is 0.431 e. The van der Waals surface area contributed by atoms with Crippen LogP contribution in [0.2, 0.25) is 0 Å². The summed E-state index contributed by atoms with van der Waals surface area (Å²) in [4.78, 5) is 24.7. The van der Waals surface area contributed by atoms with Crippen LogP contribution < -0.4 is 14.8 Å². The van der Waals surface area contributed by atoms with E-state index in [4.69, 9.17) is 14.0 Å². The molecular formula is C24H22F2N4O6. The van der Waals surface area contributed by atoms with E-state index >= 15 is 0 Å². The maximum Gasteiger partial charge on any atom is 0.431 e. The van der Waals surface area contributed by atoms with Gasteiger partial charge in [0, 0.05) is 17.3 Å². The number of rotatable bonds is 9. The zero-order valence-corrected chi connectivity index (χ0v) is 19.3. The lowest BCUT2D eigenvalue weighted by Gasteiger charge is -2.29. The number of methoxy groups -OCH3 is 1. The summed E-state index contributed by atoms with van der Waals surface area (Å²) in [5.74, 6) is -0.394. The highest BCUT2D eigenvalue weighted by atomic mass is 19.3. The van der Waals surface area contributed by atoms with Crippen molar-refractivity contribution in [1.29, 1.82) is 0 Å². The molecule has 0 fully saturated rings. The van der Waals surface area contributed by atoms with Gasteiger partial charge in [-0.3, -0.25) is 4.79 Å². The number of hydrogen-bond acceptors (Lipinski definition) is 8. The first kappa shape index (κ1) is 24.6. The second kappa shape index (κ2) is 10.8. The average Bonchev–Trinajstić information content (AvgIpc) is 3.41. The Morgan fingerprint density at radius 3 is 2.58 bits per heavy atom. The third-order valence-corrected chi connectivity index (χ3v) is 5.24. The van der Waals surface area contributed by atoms with E-state index in [0.29, 0.717) is 23.4 Å². The monoisotopic (exact) mass is 500 g/mol. The number of hydrazone groups is 1. The Morgan fingerprint density at radius 2 is 1.94 bits per heavy atom. The summed E-state index contributed by atoms with van der Waals surface area (Å²) in [6, 6.07) is 12.6. The fourth-order valence-electron chi connectivity index (χ4n) is 3.51. The largest absolute Gasteiger partial charge is 0.493 e. The summed E-state index contributed by atoms with van der Waals surface area (Å²) >= 11 is 0. The molecule has 12 heteroatoms. The highest BCUT2D eigenvalue weighted by Crippen LogP contribution is 2.31. The topological polar surface area (TPSA) is 115 Å². The third kappa shape index (κ3) is 5.59. The first-order valence-corrected chi connectivity index (χ1v) is 10.9. The third-order valence-electron chi connectivity index (χ3n) is 5.24. The van der Waals surface area contributed by atoms with Gasteiger partial charge in [-0.1, -0.05) is 24.2 Å². The molecular weight excluding hydrogens is 478 g/mol. The van der Waals surface area contributed by atoms with Crippen LogP contribution in [-0.2, 0) is 11.3 Å². The molecule has 4 rings (SSSR count). The van der Waals surface area contributed by atoms with Gasteiger partial charge in [0.1, 0.15) is 11.8 Å². The molecule has 0 radical (unpaired) electrons. The van der Waals surface area contributed by atoms with Gasteiger partial charge in [-0.15, -0.1) is 0 Å². The first-order valence-electron chi connectivity index (χ1n) is 10.9. The Morgan fingerprint density at radius 1 is 1.17 bits per heavy atom. The Kier molecular flexibility index (Phi) is 7.42. The number of anilines is 1. The highest BCUT2D eigenvalue weighted by molar-refractivity contribution is 6.06. The minimum atomic E-state index is -3.00.